The van der Waals surface area contributed by atoms with E-state index in [1.54, 1.807) is 6.20 Å². The Morgan fingerprint density at radius 1 is 1.44 bits per heavy atom. The SMILES string of the molecule is Cc1cc2c(Cl)c(C3OCCO3)cnc2[nH]1. The van der Waals surface area contributed by atoms with Crippen LogP contribution < -0.4 is 0 Å². The number of H-pyrrole nitrogens is 1. The Kier molecular flexibility index (Phi) is 2.35. The van der Waals surface area contributed by atoms with Gasteiger partial charge >= 0.3 is 0 Å². The number of aromatic nitrogens is 2. The molecule has 0 saturated carbocycles. The van der Waals surface area contributed by atoms with Crippen LogP contribution in [-0.4, -0.2) is 23.2 Å². The van der Waals surface area contributed by atoms with Crippen LogP contribution in [0, 0.1) is 6.92 Å². The van der Waals surface area contributed by atoms with Gasteiger partial charge in [-0.15, -0.1) is 0 Å². The molecule has 16 heavy (non-hydrogen) atoms. The molecule has 2 aromatic heterocycles. The number of rotatable bonds is 1. The van der Waals surface area contributed by atoms with E-state index in [0.29, 0.717) is 18.2 Å². The Balaban J connectivity index is 2.14. The average molecular weight is 239 g/mol. The van der Waals surface area contributed by atoms with E-state index >= 15 is 0 Å². The van der Waals surface area contributed by atoms with E-state index in [-0.39, 0.29) is 6.29 Å². The molecule has 0 aromatic carbocycles. The summed E-state index contributed by atoms with van der Waals surface area (Å²) in [5, 5.41) is 1.57. The fraction of sp³-hybridized carbons (Fsp3) is 0.364. The normalized spacial score (nSPS) is 17.4. The second-order valence-corrected chi connectivity index (χ2v) is 4.19. The van der Waals surface area contributed by atoms with Crippen LogP contribution in [0.2, 0.25) is 5.02 Å². The van der Waals surface area contributed by atoms with Gasteiger partial charge in [0.2, 0.25) is 0 Å². The summed E-state index contributed by atoms with van der Waals surface area (Å²) >= 11 is 6.31. The molecule has 0 spiro atoms. The Bertz CT molecular complexity index is 532. The number of aryl methyl sites for hydroxylation is 1. The van der Waals surface area contributed by atoms with Gasteiger partial charge in [0.15, 0.2) is 6.29 Å². The highest BCUT2D eigenvalue weighted by Crippen LogP contribution is 2.33. The maximum absolute atomic E-state index is 6.31. The molecule has 0 aliphatic carbocycles. The third-order valence-electron chi connectivity index (χ3n) is 2.63. The largest absolute Gasteiger partial charge is 0.346 e. The quantitative estimate of drug-likeness (QED) is 0.831. The van der Waals surface area contributed by atoms with Crippen LogP contribution in [0.15, 0.2) is 12.3 Å². The minimum absolute atomic E-state index is 0.375. The molecule has 0 atom stereocenters. The summed E-state index contributed by atoms with van der Waals surface area (Å²) in [5.41, 5.74) is 2.63. The fourth-order valence-electron chi connectivity index (χ4n) is 1.89. The highest BCUT2D eigenvalue weighted by molar-refractivity contribution is 6.36. The molecule has 1 N–H and O–H groups in total. The van der Waals surface area contributed by atoms with E-state index in [1.165, 1.54) is 0 Å². The molecule has 3 heterocycles. The molecule has 2 aromatic rings. The van der Waals surface area contributed by atoms with Crippen LogP contribution >= 0.6 is 11.6 Å². The lowest BCUT2D eigenvalue weighted by Crippen LogP contribution is -2.00. The van der Waals surface area contributed by atoms with Gasteiger partial charge in [0.1, 0.15) is 5.65 Å². The van der Waals surface area contributed by atoms with Crippen molar-refractivity contribution in [3.8, 4) is 0 Å². The Morgan fingerprint density at radius 3 is 2.94 bits per heavy atom. The molecule has 0 unspecified atom stereocenters. The summed E-state index contributed by atoms with van der Waals surface area (Å²) in [6.45, 7) is 3.18. The summed E-state index contributed by atoms with van der Waals surface area (Å²) in [6, 6.07) is 1.98. The van der Waals surface area contributed by atoms with Crippen LogP contribution in [0.1, 0.15) is 17.5 Å². The van der Waals surface area contributed by atoms with Crippen molar-refractivity contribution in [3.63, 3.8) is 0 Å². The molecule has 3 rings (SSSR count). The number of hydrogen-bond acceptors (Lipinski definition) is 3. The lowest BCUT2D eigenvalue weighted by atomic mass is 10.2. The zero-order valence-corrected chi connectivity index (χ0v) is 9.54. The third-order valence-corrected chi connectivity index (χ3v) is 3.05. The van der Waals surface area contributed by atoms with Crippen molar-refractivity contribution in [1.82, 2.24) is 9.97 Å². The Labute approximate surface area is 97.5 Å². The summed E-state index contributed by atoms with van der Waals surface area (Å²) in [6.07, 6.45) is 1.33. The lowest BCUT2D eigenvalue weighted by Gasteiger charge is -2.10. The zero-order valence-electron chi connectivity index (χ0n) is 8.79. The average Bonchev–Trinajstić information content (AvgIpc) is 2.86. The first-order valence-corrected chi connectivity index (χ1v) is 5.50. The van der Waals surface area contributed by atoms with Gasteiger partial charge in [0.25, 0.3) is 0 Å². The van der Waals surface area contributed by atoms with Crippen molar-refractivity contribution in [3.05, 3.63) is 28.5 Å². The van der Waals surface area contributed by atoms with E-state index in [4.69, 9.17) is 21.1 Å². The number of aromatic amines is 1. The van der Waals surface area contributed by atoms with Crippen molar-refractivity contribution in [1.29, 1.82) is 0 Å². The summed E-state index contributed by atoms with van der Waals surface area (Å²) in [7, 11) is 0. The Hall–Kier alpha value is -1.10. The van der Waals surface area contributed by atoms with Gasteiger partial charge in [0.05, 0.1) is 18.2 Å². The number of halogens is 1. The highest BCUT2D eigenvalue weighted by atomic mass is 35.5. The molecule has 1 saturated heterocycles. The predicted molar refractivity (Wildman–Crippen MR) is 60.5 cm³/mol. The van der Waals surface area contributed by atoms with Crippen molar-refractivity contribution in [2.75, 3.05) is 13.2 Å². The molecule has 84 valence electrons. The van der Waals surface area contributed by atoms with Gasteiger partial charge in [-0.25, -0.2) is 4.98 Å². The van der Waals surface area contributed by atoms with Crippen LogP contribution in [-0.2, 0) is 9.47 Å². The van der Waals surface area contributed by atoms with Gasteiger partial charge in [0, 0.05) is 22.8 Å². The molecule has 1 aliphatic rings. The molecule has 0 bridgehead atoms. The van der Waals surface area contributed by atoms with E-state index in [2.05, 4.69) is 9.97 Å². The van der Waals surface area contributed by atoms with Gasteiger partial charge in [-0.1, -0.05) is 11.6 Å². The van der Waals surface area contributed by atoms with Gasteiger partial charge in [-0.2, -0.15) is 0 Å². The first-order chi connectivity index (χ1) is 7.75. The molecular formula is C11H11ClN2O2. The summed E-state index contributed by atoms with van der Waals surface area (Å²) in [5.74, 6) is 0. The van der Waals surface area contributed by atoms with Gasteiger partial charge in [-0.3, -0.25) is 0 Å². The predicted octanol–water partition coefficient (Wildman–Crippen LogP) is 2.57. The van der Waals surface area contributed by atoms with Crippen molar-refractivity contribution in [2.45, 2.75) is 13.2 Å². The zero-order chi connectivity index (χ0) is 11.1. The van der Waals surface area contributed by atoms with E-state index in [9.17, 15) is 0 Å². The molecule has 5 heteroatoms. The van der Waals surface area contributed by atoms with Crippen molar-refractivity contribution in [2.24, 2.45) is 0 Å². The second kappa shape index (κ2) is 3.73. The first-order valence-electron chi connectivity index (χ1n) is 5.12. The van der Waals surface area contributed by atoms with Gasteiger partial charge in [-0.05, 0) is 13.0 Å². The van der Waals surface area contributed by atoms with E-state index in [0.717, 1.165) is 22.3 Å². The smallest absolute Gasteiger partial charge is 0.186 e. The number of fused-ring (bicyclic) bond motifs is 1. The minimum atomic E-state index is -0.375. The molecule has 4 nitrogen and oxygen atoms in total. The first kappa shape index (κ1) is 10.1. The number of ether oxygens (including phenoxy) is 2. The number of hydrogen-bond donors (Lipinski definition) is 1. The number of nitrogens with one attached hydrogen (secondary N) is 1. The maximum Gasteiger partial charge on any atom is 0.186 e. The van der Waals surface area contributed by atoms with Crippen LogP contribution in [0.3, 0.4) is 0 Å². The molecular weight excluding hydrogens is 228 g/mol. The maximum atomic E-state index is 6.31. The standard InChI is InChI=1S/C11H11ClN2O2/c1-6-4-7-9(12)8(5-13-10(7)14-6)11-15-2-3-16-11/h4-5,11H,2-3H2,1H3,(H,13,14). The van der Waals surface area contributed by atoms with Crippen molar-refractivity contribution < 1.29 is 9.47 Å². The number of pyridine rings is 1. The van der Waals surface area contributed by atoms with Crippen LogP contribution in [0.5, 0.6) is 0 Å². The topological polar surface area (TPSA) is 47.1 Å². The molecule has 0 radical (unpaired) electrons. The van der Waals surface area contributed by atoms with E-state index in [1.807, 2.05) is 13.0 Å². The summed E-state index contributed by atoms with van der Waals surface area (Å²) in [4.78, 5) is 7.45. The third kappa shape index (κ3) is 1.50. The minimum Gasteiger partial charge on any atom is -0.346 e. The molecule has 0 amide bonds. The second-order valence-electron chi connectivity index (χ2n) is 3.82. The molecule has 1 fully saturated rings. The summed E-state index contributed by atoms with van der Waals surface area (Å²) < 4.78 is 10.8. The monoisotopic (exact) mass is 238 g/mol. The van der Waals surface area contributed by atoms with Gasteiger partial charge < -0.3 is 14.5 Å². The number of nitrogens with zero attached hydrogens (tertiary/aromatic N) is 1. The molecule has 1 aliphatic heterocycles. The van der Waals surface area contributed by atoms with Crippen LogP contribution in [0.25, 0.3) is 11.0 Å². The fourth-order valence-corrected chi connectivity index (χ4v) is 2.17. The lowest BCUT2D eigenvalue weighted by molar-refractivity contribution is -0.0441. The van der Waals surface area contributed by atoms with Crippen LogP contribution in [0.4, 0.5) is 0 Å². The Morgan fingerprint density at radius 2 is 2.19 bits per heavy atom. The van der Waals surface area contributed by atoms with Crippen molar-refractivity contribution >= 4 is 22.6 Å². The van der Waals surface area contributed by atoms with E-state index < -0.39 is 0 Å². The highest BCUT2D eigenvalue weighted by Gasteiger charge is 2.22.